The van der Waals surface area contributed by atoms with E-state index in [1.165, 1.54) is 0 Å². The molecule has 0 unspecified atom stereocenters. The Morgan fingerprint density at radius 3 is 2.12 bits per heavy atom. The SMILES string of the molecule is CC(C)(C)[Si](C)(C)OC1CCC(CC=O)CC1. The van der Waals surface area contributed by atoms with E-state index in [2.05, 4.69) is 33.9 Å². The molecular formula is C14H28O2Si. The molecular weight excluding hydrogens is 228 g/mol. The minimum Gasteiger partial charge on any atom is -0.414 e. The zero-order chi connectivity index (χ0) is 13.1. The van der Waals surface area contributed by atoms with Crippen molar-refractivity contribution in [3.8, 4) is 0 Å². The summed E-state index contributed by atoms with van der Waals surface area (Å²) in [6.07, 6.45) is 6.87. The maximum Gasteiger partial charge on any atom is 0.192 e. The molecule has 0 saturated heterocycles. The van der Waals surface area contributed by atoms with E-state index in [1.54, 1.807) is 0 Å². The molecule has 0 spiro atoms. The summed E-state index contributed by atoms with van der Waals surface area (Å²) in [5.41, 5.74) is 0. The highest BCUT2D eigenvalue weighted by molar-refractivity contribution is 6.74. The van der Waals surface area contributed by atoms with Gasteiger partial charge >= 0.3 is 0 Å². The number of carbonyl (C=O) groups is 1. The Balaban J connectivity index is 2.43. The Morgan fingerprint density at radius 1 is 1.18 bits per heavy atom. The van der Waals surface area contributed by atoms with Crippen molar-refractivity contribution in [3.05, 3.63) is 0 Å². The molecule has 0 aromatic heterocycles. The Kier molecular flexibility index (Phi) is 4.96. The maximum absolute atomic E-state index is 10.5. The maximum atomic E-state index is 10.5. The van der Waals surface area contributed by atoms with Crippen LogP contribution in [-0.4, -0.2) is 20.7 Å². The van der Waals surface area contributed by atoms with Crippen molar-refractivity contribution in [2.75, 3.05) is 0 Å². The van der Waals surface area contributed by atoms with Gasteiger partial charge in [0.05, 0.1) is 0 Å². The second-order valence-corrected chi connectivity index (χ2v) is 11.7. The van der Waals surface area contributed by atoms with Gasteiger partial charge in [-0.15, -0.1) is 0 Å². The van der Waals surface area contributed by atoms with E-state index < -0.39 is 8.32 Å². The summed E-state index contributed by atoms with van der Waals surface area (Å²) in [6.45, 7) is 11.5. The van der Waals surface area contributed by atoms with Crippen molar-refractivity contribution in [3.63, 3.8) is 0 Å². The van der Waals surface area contributed by atoms with Gasteiger partial charge < -0.3 is 9.22 Å². The van der Waals surface area contributed by atoms with Crippen LogP contribution in [0.5, 0.6) is 0 Å². The molecule has 0 amide bonds. The molecule has 0 heterocycles. The third-order valence-corrected chi connectivity index (χ3v) is 9.03. The van der Waals surface area contributed by atoms with E-state index in [-0.39, 0.29) is 0 Å². The van der Waals surface area contributed by atoms with Crippen LogP contribution in [0, 0.1) is 5.92 Å². The molecule has 100 valence electrons. The molecule has 17 heavy (non-hydrogen) atoms. The smallest absolute Gasteiger partial charge is 0.192 e. The van der Waals surface area contributed by atoms with Crippen molar-refractivity contribution < 1.29 is 9.22 Å². The van der Waals surface area contributed by atoms with Gasteiger partial charge in [-0.3, -0.25) is 0 Å². The van der Waals surface area contributed by atoms with Crippen LogP contribution < -0.4 is 0 Å². The molecule has 1 fully saturated rings. The zero-order valence-corrected chi connectivity index (χ0v) is 13.1. The fraction of sp³-hybridized carbons (Fsp3) is 0.929. The predicted octanol–water partition coefficient (Wildman–Crippen LogP) is 4.16. The fourth-order valence-corrected chi connectivity index (χ4v) is 3.64. The Bertz CT molecular complexity index is 247. The molecule has 0 bridgehead atoms. The minimum absolute atomic E-state index is 0.298. The topological polar surface area (TPSA) is 26.3 Å². The van der Waals surface area contributed by atoms with Gasteiger partial charge in [0, 0.05) is 12.5 Å². The van der Waals surface area contributed by atoms with Gasteiger partial charge in [0.25, 0.3) is 0 Å². The average molecular weight is 256 g/mol. The lowest BCUT2D eigenvalue weighted by molar-refractivity contribution is -0.109. The number of hydrogen-bond donors (Lipinski definition) is 0. The predicted molar refractivity (Wildman–Crippen MR) is 74.7 cm³/mol. The van der Waals surface area contributed by atoms with Crippen molar-refractivity contribution >= 4 is 14.6 Å². The summed E-state index contributed by atoms with van der Waals surface area (Å²) >= 11 is 0. The summed E-state index contributed by atoms with van der Waals surface area (Å²) in [5, 5.41) is 0.298. The second-order valence-electron chi connectivity index (χ2n) is 6.92. The normalized spacial score (nSPS) is 26.9. The molecule has 0 aromatic rings. The van der Waals surface area contributed by atoms with Crippen LogP contribution in [0.15, 0.2) is 0 Å². The molecule has 3 heteroatoms. The molecule has 0 radical (unpaired) electrons. The van der Waals surface area contributed by atoms with Crippen molar-refractivity contribution in [1.82, 2.24) is 0 Å². The average Bonchev–Trinajstić information content (AvgIpc) is 2.19. The van der Waals surface area contributed by atoms with E-state index in [0.29, 0.717) is 17.1 Å². The highest BCUT2D eigenvalue weighted by Gasteiger charge is 2.39. The molecule has 2 nitrogen and oxygen atoms in total. The summed E-state index contributed by atoms with van der Waals surface area (Å²) in [5.74, 6) is 0.617. The number of rotatable bonds is 4. The third kappa shape index (κ3) is 4.22. The first kappa shape index (κ1) is 14.9. The number of aldehydes is 1. The van der Waals surface area contributed by atoms with Gasteiger partial charge in [0.15, 0.2) is 8.32 Å². The second kappa shape index (κ2) is 5.66. The lowest BCUT2D eigenvalue weighted by Gasteiger charge is -2.41. The Hall–Kier alpha value is -0.153. The fourth-order valence-electron chi connectivity index (χ4n) is 2.21. The highest BCUT2D eigenvalue weighted by atomic mass is 28.4. The van der Waals surface area contributed by atoms with Gasteiger partial charge in [-0.1, -0.05) is 20.8 Å². The molecule has 1 rings (SSSR count). The van der Waals surface area contributed by atoms with Crippen LogP contribution in [0.1, 0.15) is 52.9 Å². The van der Waals surface area contributed by atoms with Crippen molar-refractivity contribution in [2.45, 2.75) is 77.1 Å². The zero-order valence-electron chi connectivity index (χ0n) is 12.1. The molecule has 0 aliphatic heterocycles. The summed E-state index contributed by atoms with van der Waals surface area (Å²) in [7, 11) is -1.60. The molecule has 1 aliphatic rings. The van der Waals surface area contributed by atoms with E-state index in [4.69, 9.17) is 4.43 Å². The first-order chi connectivity index (χ1) is 7.76. The van der Waals surface area contributed by atoms with Gasteiger partial charge in [0.1, 0.15) is 6.29 Å². The van der Waals surface area contributed by atoms with Crippen LogP contribution in [0.4, 0.5) is 0 Å². The molecule has 0 atom stereocenters. The Labute approximate surface area is 107 Å². The van der Waals surface area contributed by atoms with Crippen molar-refractivity contribution in [2.24, 2.45) is 5.92 Å². The van der Waals surface area contributed by atoms with Crippen LogP contribution in [0.2, 0.25) is 18.1 Å². The van der Waals surface area contributed by atoms with E-state index >= 15 is 0 Å². The number of hydrogen-bond acceptors (Lipinski definition) is 2. The molecule has 1 saturated carbocycles. The largest absolute Gasteiger partial charge is 0.414 e. The van der Waals surface area contributed by atoms with Crippen LogP contribution in [0.25, 0.3) is 0 Å². The van der Waals surface area contributed by atoms with Crippen LogP contribution in [0.3, 0.4) is 0 Å². The highest BCUT2D eigenvalue weighted by Crippen LogP contribution is 2.39. The van der Waals surface area contributed by atoms with E-state index in [0.717, 1.165) is 38.4 Å². The van der Waals surface area contributed by atoms with Crippen LogP contribution in [-0.2, 0) is 9.22 Å². The molecule has 1 aliphatic carbocycles. The van der Waals surface area contributed by atoms with Gasteiger partial charge in [-0.05, 0) is 49.7 Å². The number of carbonyl (C=O) groups excluding carboxylic acids is 1. The van der Waals surface area contributed by atoms with Gasteiger partial charge in [-0.25, -0.2) is 0 Å². The minimum atomic E-state index is -1.60. The first-order valence-corrected chi connectivity index (χ1v) is 9.78. The van der Waals surface area contributed by atoms with Crippen molar-refractivity contribution in [1.29, 1.82) is 0 Å². The standard InChI is InChI=1S/C14H28O2Si/c1-14(2,3)17(4,5)16-13-8-6-12(7-9-13)10-11-15/h11-13H,6-10H2,1-5H3. The van der Waals surface area contributed by atoms with Crippen LogP contribution >= 0.6 is 0 Å². The summed E-state index contributed by atoms with van der Waals surface area (Å²) < 4.78 is 6.42. The van der Waals surface area contributed by atoms with E-state index in [9.17, 15) is 4.79 Å². The Morgan fingerprint density at radius 2 is 1.71 bits per heavy atom. The van der Waals surface area contributed by atoms with E-state index in [1.807, 2.05) is 0 Å². The monoisotopic (exact) mass is 256 g/mol. The summed E-state index contributed by atoms with van der Waals surface area (Å²) in [6, 6.07) is 0. The molecule has 0 aromatic carbocycles. The first-order valence-electron chi connectivity index (χ1n) is 6.88. The third-order valence-electron chi connectivity index (χ3n) is 4.49. The van der Waals surface area contributed by atoms with Gasteiger partial charge in [-0.2, -0.15) is 0 Å². The molecule has 0 N–H and O–H groups in total. The summed E-state index contributed by atoms with van der Waals surface area (Å²) in [4.78, 5) is 10.5. The van der Waals surface area contributed by atoms with Gasteiger partial charge in [0.2, 0.25) is 0 Å². The quantitative estimate of drug-likeness (QED) is 0.558. The lowest BCUT2D eigenvalue weighted by atomic mass is 9.86. The lowest BCUT2D eigenvalue weighted by Crippen LogP contribution is -2.44.